The van der Waals surface area contributed by atoms with Crippen LogP contribution in [0.3, 0.4) is 0 Å². The zero-order valence-corrected chi connectivity index (χ0v) is 8.90. The predicted molar refractivity (Wildman–Crippen MR) is 50.2 cm³/mol. The van der Waals surface area contributed by atoms with Crippen molar-refractivity contribution in [3.05, 3.63) is 0 Å². The third-order valence-electron chi connectivity index (χ3n) is 1.65. The third-order valence-corrected chi connectivity index (χ3v) is 3.86. The van der Waals surface area contributed by atoms with Gasteiger partial charge in [-0.25, -0.2) is 0 Å². The third kappa shape index (κ3) is 4.96. The molecule has 0 bridgehead atoms. The van der Waals surface area contributed by atoms with Crippen LogP contribution in [0.1, 0.15) is 13.3 Å². The van der Waals surface area contributed by atoms with Gasteiger partial charge in [0.1, 0.15) is 0 Å². The molecule has 3 heteroatoms. The smallest absolute Gasteiger partial charge is 0.0950 e. The average molecular weight is 160 g/mol. The van der Waals surface area contributed by atoms with E-state index in [0.29, 0.717) is 9.68 Å². The Kier molecular flexibility index (Phi) is 7.35. The first-order valence-electron chi connectivity index (χ1n) is 4.16. The fraction of sp³-hybridized carbons (Fsp3) is 1.00. The molecule has 0 spiro atoms. The molecular formula is C7H20N2Si. The molecule has 10 heavy (non-hydrogen) atoms. The Morgan fingerprint density at radius 2 is 2.10 bits per heavy atom. The topological polar surface area (TPSA) is 15.3 Å². The van der Waals surface area contributed by atoms with Crippen LogP contribution < -0.4 is 5.32 Å². The predicted octanol–water partition coefficient (Wildman–Crippen LogP) is 0.0497. The van der Waals surface area contributed by atoms with Crippen molar-refractivity contribution in [1.29, 1.82) is 0 Å². The summed E-state index contributed by atoms with van der Waals surface area (Å²) >= 11 is 0. The molecule has 0 unspecified atom stereocenters. The molecule has 0 atom stereocenters. The van der Waals surface area contributed by atoms with Gasteiger partial charge in [0, 0.05) is 0 Å². The molecule has 0 aliphatic carbocycles. The Balaban J connectivity index is 0.000000236. The van der Waals surface area contributed by atoms with E-state index in [1.54, 1.807) is 6.04 Å². The van der Waals surface area contributed by atoms with Crippen molar-refractivity contribution < 1.29 is 0 Å². The van der Waals surface area contributed by atoms with Crippen molar-refractivity contribution in [1.82, 2.24) is 9.88 Å². The van der Waals surface area contributed by atoms with Crippen LogP contribution in [0.5, 0.6) is 0 Å². The van der Waals surface area contributed by atoms with E-state index in [9.17, 15) is 0 Å². The quantitative estimate of drug-likeness (QED) is 0.545. The van der Waals surface area contributed by atoms with E-state index < -0.39 is 0 Å². The van der Waals surface area contributed by atoms with E-state index >= 15 is 0 Å². The van der Waals surface area contributed by atoms with E-state index in [4.69, 9.17) is 0 Å². The lowest BCUT2D eigenvalue weighted by Gasteiger charge is -2.08. The van der Waals surface area contributed by atoms with Crippen molar-refractivity contribution in [3.63, 3.8) is 0 Å². The molecule has 0 aromatic rings. The monoisotopic (exact) mass is 160 g/mol. The van der Waals surface area contributed by atoms with Gasteiger partial charge < -0.3 is 9.88 Å². The summed E-state index contributed by atoms with van der Waals surface area (Å²) in [6.45, 7) is 4.98. The van der Waals surface area contributed by atoms with Gasteiger partial charge in [0.05, 0.1) is 9.68 Å². The number of nitrogens with one attached hydrogen (secondary N) is 1. The second kappa shape index (κ2) is 7.25. The minimum atomic E-state index is 0.291. The molecule has 1 fully saturated rings. The molecule has 0 saturated carbocycles. The van der Waals surface area contributed by atoms with E-state index in [-0.39, 0.29) is 0 Å². The summed E-state index contributed by atoms with van der Waals surface area (Å²) in [5.41, 5.74) is 0. The van der Waals surface area contributed by atoms with Crippen LogP contribution in [0.2, 0.25) is 6.04 Å². The van der Waals surface area contributed by atoms with Crippen LogP contribution in [0, 0.1) is 0 Å². The van der Waals surface area contributed by atoms with Crippen molar-refractivity contribution in [2.75, 3.05) is 27.2 Å². The number of hydrogen-bond donors (Lipinski definition) is 1. The van der Waals surface area contributed by atoms with Crippen molar-refractivity contribution in [3.8, 4) is 0 Å². The van der Waals surface area contributed by atoms with Gasteiger partial charge in [0.15, 0.2) is 0 Å². The first-order chi connectivity index (χ1) is 4.85. The van der Waals surface area contributed by atoms with Gasteiger partial charge in [-0.1, -0.05) is 6.92 Å². The molecule has 1 heterocycles. The molecule has 62 valence electrons. The number of hydrogen-bond acceptors (Lipinski definition) is 2. The van der Waals surface area contributed by atoms with Crippen molar-refractivity contribution in [2.24, 2.45) is 0 Å². The zero-order valence-electron chi connectivity index (χ0n) is 7.48. The molecule has 0 aromatic heterocycles. The summed E-state index contributed by atoms with van der Waals surface area (Å²) in [6, 6.07) is 1.56. The Morgan fingerprint density at radius 3 is 2.30 bits per heavy atom. The molecule has 1 aliphatic heterocycles. The van der Waals surface area contributed by atoms with E-state index in [2.05, 4.69) is 16.8 Å². The van der Waals surface area contributed by atoms with Crippen LogP contribution in [-0.2, 0) is 0 Å². The average Bonchev–Trinajstić information content (AvgIpc) is 2.39. The summed E-state index contributed by atoms with van der Waals surface area (Å²) in [4.78, 5) is 0. The van der Waals surface area contributed by atoms with Gasteiger partial charge in [0.25, 0.3) is 0 Å². The Labute approximate surface area is 66.9 Å². The molecule has 1 aliphatic rings. The first kappa shape index (κ1) is 10.1. The summed E-state index contributed by atoms with van der Waals surface area (Å²) in [5, 5.41) is 2.75. The highest BCUT2D eigenvalue weighted by Gasteiger charge is 2.07. The van der Waals surface area contributed by atoms with Gasteiger partial charge in [-0.05, 0) is 39.6 Å². The fourth-order valence-corrected chi connectivity index (χ4v) is 2.76. The van der Waals surface area contributed by atoms with E-state index in [1.165, 1.54) is 19.5 Å². The van der Waals surface area contributed by atoms with Crippen molar-refractivity contribution in [2.45, 2.75) is 19.4 Å². The Bertz CT molecular complexity index is 62.6. The van der Waals surface area contributed by atoms with Gasteiger partial charge in [-0.15, -0.1) is 0 Å². The van der Waals surface area contributed by atoms with Gasteiger partial charge in [-0.3, -0.25) is 0 Å². The highest BCUT2D eigenvalue weighted by molar-refractivity contribution is 6.32. The largest absolute Gasteiger partial charge is 0.329 e. The molecular weight excluding hydrogens is 140 g/mol. The fourth-order valence-electron chi connectivity index (χ4n) is 1.10. The van der Waals surface area contributed by atoms with Crippen molar-refractivity contribution >= 4 is 9.68 Å². The summed E-state index contributed by atoms with van der Waals surface area (Å²) < 4.78 is 2.62. The molecule has 0 aromatic carbocycles. The molecule has 1 N–H and O–H groups in total. The van der Waals surface area contributed by atoms with Crippen LogP contribution >= 0.6 is 0 Å². The van der Waals surface area contributed by atoms with Crippen LogP contribution in [0.4, 0.5) is 0 Å². The van der Waals surface area contributed by atoms with Gasteiger partial charge in [-0.2, -0.15) is 0 Å². The van der Waals surface area contributed by atoms with Gasteiger partial charge >= 0.3 is 0 Å². The maximum absolute atomic E-state index is 2.75. The Morgan fingerprint density at radius 1 is 1.50 bits per heavy atom. The molecule has 1 saturated heterocycles. The molecule has 1 rings (SSSR count). The van der Waals surface area contributed by atoms with Crippen LogP contribution in [0.25, 0.3) is 0 Å². The number of nitrogens with zero attached hydrogens (tertiary/aromatic N) is 1. The maximum Gasteiger partial charge on any atom is 0.0950 e. The van der Waals surface area contributed by atoms with Crippen LogP contribution in [-0.4, -0.2) is 41.4 Å². The lowest BCUT2D eigenvalue weighted by molar-refractivity contribution is 0.502. The van der Waals surface area contributed by atoms with E-state index in [1.807, 2.05) is 14.1 Å². The molecule has 0 amide bonds. The minimum Gasteiger partial charge on any atom is -0.329 e. The standard InChI is InChI=1S/C5H13NSi.C2H7N/c1-2-6-4-3-5-7-6;1-3-2/h2-5,7H2,1H3;3H,1-2H3. The molecule has 0 radical (unpaired) electrons. The number of rotatable bonds is 1. The zero-order chi connectivity index (χ0) is 7.82. The highest BCUT2D eigenvalue weighted by Crippen LogP contribution is 2.03. The summed E-state index contributed by atoms with van der Waals surface area (Å²) in [5.74, 6) is 0. The normalized spacial score (nSPS) is 20.7. The first-order valence-corrected chi connectivity index (χ1v) is 5.79. The summed E-state index contributed by atoms with van der Waals surface area (Å²) in [6.07, 6.45) is 1.49. The second-order valence-corrected chi connectivity index (χ2v) is 4.69. The lowest BCUT2D eigenvalue weighted by atomic mass is 10.5. The highest BCUT2D eigenvalue weighted by atomic mass is 28.2. The van der Waals surface area contributed by atoms with Gasteiger partial charge in [0.2, 0.25) is 0 Å². The summed E-state index contributed by atoms with van der Waals surface area (Å²) in [7, 11) is 4.04. The van der Waals surface area contributed by atoms with Crippen LogP contribution in [0.15, 0.2) is 0 Å². The SMILES string of the molecule is CCN1CCC[SiH2]1.CNC. The lowest BCUT2D eigenvalue weighted by Crippen LogP contribution is -2.20. The maximum atomic E-state index is 2.75. The minimum absolute atomic E-state index is 0.291. The second-order valence-electron chi connectivity index (χ2n) is 2.64. The van der Waals surface area contributed by atoms with E-state index in [0.717, 1.165) is 0 Å². The Hall–Kier alpha value is 0.137. The molecule has 2 nitrogen and oxygen atoms in total.